The predicted molar refractivity (Wildman–Crippen MR) is 123 cm³/mol. The Morgan fingerprint density at radius 1 is 1.00 bits per heavy atom. The smallest absolute Gasteiger partial charge is 0.332 e. The fourth-order valence-corrected chi connectivity index (χ4v) is 4.67. The molecule has 0 spiro atoms. The van der Waals surface area contributed by atoms with E-state index in [1.807, 2.05) is 22.1 Å². The zero-order valence-electron chi connectivity index (χ0n) is 19.0. The van der Waals surface area contributed by atoms with E-state index in [2.05, 4.69) is 36.9 Å². The van der Waals surface area contributed by atoms with Crippen molar-refractivity contribution in [2.75, 3.05) is 32.8 Å². The summed E-state index contributed by atoms with van der Waals surface area (Å²) >= 11 is 0. The van der Waals surface area contributed by atoms with Gasteiger partial charge in [0.2, 0.25) is 5.78 Å². The van der Waals surface area contributed by atoms with Crippen LogP contribution in [0, 0.1) is 20.8 Å². The minimum Gasteiger partial charge on any atom is -0.379 e. The van der Waals surface area contributed by atoms with E-state index >= 15 is 0 Å². The van der Waals surface area contributed by atoms with Crippen LogP contribution in [0.25, 0.3) is 22.6 Å². The number of fused-ring (bicyclic) bond motifs is 3. The van der Waals surface area contributed by atoms with Crippen molar-refractivity contribution in [2.24, 2.45) is 7.05 Å². The molecule has 4 heterocycles. The first-order chi connectivity index (χ1) is 15.3. The molecule has 0 bridgehead atoms. The highest BCUT2D eigenvalue weighted by molar-refractivity contribution is 5.76. The number of morpholine rings is 1. The summed E-state index contributed by atoms with van der Waals surface area (Å²) in [5.74, 6) is 0.625. The molecule has 0 aliphatic carbocycles. The predicted octanol–water partition coefficient (Wildman–Crippen LogP) is 1.40. The lowest BCUT2D eigenvalue weighted by atomic mass is 10.1. The highest BCUT2D eigenvalue weighted by Gasteiger charge is 2.21. The fraction of sp³-hybridized carbons (Fsp3) is 0.435. The standard InChI is InChI=1S/C23H28N6O3/c1-15-11-16(2)13-18(12-15)29-17(3)14-28-19-20(24-22(28)29)25(4)23(31)27(21(19)30)6-5-26-7-9-32-10-8-26/h11-14H,5-10H2,1-4H3. The van der Waals surface area contributed by atoms with Crippen LogP contribution in [-0.2, 0) is 18.3 Å². The van der Waals surface area contributed by atoms with Crippen LogP contribution >= 0.6 is 0 Å². The van der Waals surface area contributed by atoms with E-state index in [-0.39, 0.29) is 11.2 Å². The van der Waals surface area contributed by atoms with Crippen LogP contribution in [0.1, 0.15) is 16.8 Å². The second-order valence-electron chi connectivity index (χ2n) is 8.66. The van der Waals surface area contributed by atoms with Crippen molar-refractivity contribution in [3.63, 3.8) is 0 Å². The SMILES string of the molecule is Cc1cc(C)cc(-n2c(C)cn3c4c(=O)n(CCN5CCOCC5)c(=O)n(C)c4nc23)c1. The Bertz CT molecular complexity index is 1430. The van der Waals surface area contributed by atoms with Gasteiger partial charge in [0.15, 0.2) is 11.2 Å². The van der Waals surface area contributed by atoms with E-state index < -0.39 is 0 Å². The van der Waals surface area contributed by atoms with E-state index in [4.69, 9.17) is 9.72 Å². The Morgan fingerprint density at radius 3 is 2.38 bits per heavy atom. The van der Waals surface area contributed by atoms with Crippen molar-refractivity contribution in [3.8, 4) is 5.69 Å². The zero-order valence-corrected chi connectivity index (χ0v) is 19.0. The molecule has 0 radical (unpaired) electrons. The monoisotopic (exact) mass is 436 g/mol. The van der Waals surface area contributed by atoms with Gasteiger partial charge in [0.05, 0.1) is 13.2 Å². The van der Waals surface area contributed by atoms with Crippen LogP contribution in [0.4, 0.5) is 0 Å². The van der Waals surface area contributed by atoms with E-state index in [0.717, 1.165) is 35.6 Å². The first-order valence-electron chi connectivity index (χ1n) is 10.9. The van der Waals surface area contributed by atoms with Crippen LogP contribution in [0.3, 0.4) is 0 Å². The number of benzene rings is 1. The molecule has 1 aliphatic rings. The number of rotatable bonds is 4. The van der Waals surface area contributed by atoms with Gasteiger partial charge in [-0.15, -0.1) is 0 Å². The zero-order chi connectivity index (χ0) is 22.6. The average Bonchev–Trinajstić information content (AvgIpc) is 3.26. The van der Waals surface area contributed by atoms with Crippen LogP contribution < -0.4 is 11.2 Å². The minimum atomic E-state index is -0.341. The van der Waals surface area contributed by atoms with Crippen molar-refractivity contribution in [1.29, 1.82) is 0 Å². The molecule has 0 atom stereocenters. The Kier molecular flexibility index (Phi) is 5.02. The van der Waals surface area contributed by atoms with Crippen molar-refractivity contribution in [2.45, 2.75) is 27.3 Å². The van der Waals surface area contributed by atoms with E-state index in [9.17, 15) is 9.59 Å². The molecule has 168 valence electrons. The molecule has 1 fully saturated rings. The van der Waals surface area contributed by atoms with E-state index in [1.54, 1.807) is 7.05 Å². The van der Waals surface area contributed by atoms with Crippen molar-refractivity contribution in [3.05, 3.63) is 62.1 Å². The van der Waals surface area contributed by atoms with Crippen LogP contribution in [0.15, 0.2) is 34.0 Å². The second-order valence-corrected chi connectivity index (χ2v) is 8.66. The van der Waals surface area contributed by atoms with Crippen LogP contribution in [0.5, 0.6) is 0 Å². The molecule has 1 saturated heterocycles. The number of nitrogens with zero attached hydrogens (tertiary/aromatic N) is 6. The largest absolute Gasteiger partial charge is 0.379 e. The number of hydrogen-bond donors (Lipinski definition) is 0. The first kappa shape index (κ1) is 20.7. The molecule has 32 heavy (non-hydrogen) atoms. The molecule has 3 aromatic heterocycles. The Morgan fingerprint density at radius 2 is 1.69 bits per heavy atom. The Labute approximate surface area is 185 Å². The molecule has 5 rings (SSSR count). The molecule has 0 N–H and O–H groups in total. The maximum absolute atomic E-state index is 13.5. The topological polar surface area (TPSA) is 78.7 Å². The maximum Gasteiger partial charge on any atom is 0.332 e. The van der Waals surface area contributed by atoms with E-state index in [0.29, 0.717) is 43.2 Å². The maximum atomic E-state index is 13.5. The van der Waals surface area contributed by atoms with Crippen LogP contribution in [0.2, 0.25) is 0 Å². The number of ether oxygens (including phenoxy) is 1. The lowest BCUT2D eigenvalue weighted by Crippen LogP contribution is -2.44. The average molecular weight is 437 g/mol. The lowest BCUT2D eigenvalue weighted by Gasteiger charge is -2.26. The number of hydrogen-bond acceptors (Lipinski definition) is 5. The number of imidazole rings is 2. The molecule has 9 nitrogen and oxygen atoms in total. The summed E-state index contributed by atoms with van der Waals surface area (Å²) in [6, 6.07) is 6.32. The summed E-state index contributed by atoms with van der Waals surface area (Å²) in [7, 11) is 1.68. The van der Waals surface area contributed by atoms with Crippen molar-refractivity contribution >= 4 is 16.9 Å². The molecule has 9 heteroatoms. The van der Waals surface area contributed by atoms with Gasteiger partial charge < -0.3 is 4.74 Å². The molecule has 0 unspecified atom stereocenters. The Hall–Kier alpha value is -3.17. The molecule has 0 amide bonds. The third-order valence-electron chi connectivity index (χ3n) is 6.23. The molecular formula is C23H28N6O3. The molecule has 4 aromatic rings. The first-order valence-corrected chi connectivity index (χ1v) is 10.9. The summed E-state index contributed by atoms with van der Waals surface area (Å²) < 4.78 is 12.0. The third-order valence-corrected chi connectivity index (χ3v) is 6.23. The summed E-state index contributed by atoms with van der Waals surface area (Å²) in [6.45, 7) is 10.1. The molecular weight excluding hydrogens is 408 g/mol. The summed E-state index contributed by atoms with van der Waals surface area (Å²) in [6.07, 6.45) is 1.92. The minimum absolute atomic E-state index is 0.304. The van der Waals surface area contributed by atoms with Crippen molar-refractivity contribution < 1.29 is 4.74 Å². The molecule has 1 aromatic carbocycles. The molecule has 1 aliphatic heterocycles. The van der Waals surface area contributed by atoms with Gasteiger partial charge in [0, 0.05) is 50.8 Å². The van der Waals surface area contributed by atoms with Gasteiger partial charge in [-0.1, -0.05) is 6.07 Å². The fourth-order valence-electron chi connectivity index (χ4n) is 4.67. The summed E-state index contributed by atoms with van der Waals surface area (Å²) in [5.41, 5.74) is 4.44. The van der Waals surface area contributed by atoms with Gasteiger partial charge >= 0.3 is 5.69 Å². The number of aryl methyl sites for hydroxylation is 4. The van der Waals surface area contributed by atoms with Gasteiger partial charge in [0.1, 0.15) is 0 Å². The van der Waals surface area contributed by atoms with Crippen LogP contribution in [-0.4, -0.2) is 60.8 Å². The highest BCUT2D eigenvalue weighted by atomic mass is 16.5. The van der Waals surface area contributed by atoms with Gasteiger partial charge in [-0.2, -0.15) is 4.98 Å². The number of aromatic nitrogens is 5. The van der Waals surface area contributed by atoms with Gasteiger partial charge in [-0.05, 0) is 44.0 Å². The van der Waals surface area contributed by atoms with Crippen molar-refractivity contribution in [1.82, 2.24) is 28.0 Å². The van der Waals surface area contributed by atoms with E-state index in [1.165, 1.54) is 9.13 Å². The quantitative estimate of drug-likeness (QED) is 0.483. The Balaban J connectivity index is 1.67. The van der Waals surface area contributed by atoms with Gasteiger partial charge in [-0.3, -0.25) is 27.8 Å². The lowest BCUT2D eigenvalue weighted by molar-refractivity contribution is 0.0361. The van der Waals surface area contributed by atoms with Gasteiger partial charge in [0.25, 0.3) is 5.56 Å². The molecule has 0 saturated carbocycles. The van der Waals surface area contributed by atoms with Gasteiger partial charge in [-0.25, -0.2) is 4.79 Å². The highest BCUT2D eigenvalue weighted by Crippen LogP contribution is 2.22. The summed E-state index contributed by atoms with van der Waals surface area (Å²) in [4.78, 5) is 33.4. The normalized spacial score (nSPS) is 15.2. The second kappa shape index (κ2) is 7.75. The summed E-state index contributed by atoms with van der Waals surface area (Å²) in [5, 5.41) is 0. The third kappa shape index (κ3) is 3.28.